The molecule has 18 heavy (non-hydrogen) atoms. The maximum atomic E-state index is 12.0. The molecular weight excluding hydrogens is 244 g/mol. The fraction of sp³-hybridized carbons (Fsp3) is 0.500. The SMILES string of the molecule is Cc1ccc(C(=O)NCC2CCCCS2)cc1N. The summed E-state index contributed by atoms with van der Waals surface area (Å²) < 4.78 is 0. The third-order valence-corrected chi connectivity index (χ3v) is 4.70. The molecule has 4 heteroatoms. The Balaban J connectivity index is 1.88. The van der Waals surface area contributed by atoms with E-state index in [2.05, 4.69) is 5.32 Å². The van der Waals surface area contributed by atoms with E-state index >= 15 is 0 Å². The van der Waals surface area contributed by atoms with Crippen LogP contribution >= 0.6 is 11.8 Å². The zero-order valence-corrected chi connectivity index (χ0v) is 11.6. The Kier molecular flexibility index (Phi) is 4.53. The number of hydrogen-bond acceptors (Lipinski definition) is 3. The molecule has 0 aromatic heterocycles. The van der Waals surface area contributed by atoms with E-state index in [1.54, 1.807) is 6.07 Å². The van der Waals surface area contributed by atoms with Crippen molar-refractivity contribution in [3.63, 3.8) is 0 Å². The van der Waals surface area contributed by atoms with Crippen LogP contribution in [0, 0.1) is 6.92 Å². The average Bonchev–Trinajstić information content (AvgIpc) is 2.40. The number of aryl methyl sites for hydroxylation is 1. The molecule has 1 saturated heterocycles. The summed E-state index contributed by atoms with van der Waals surface area (Å²) in [7, 11) is 0. The molecule has 1 aromatic rings. The van der Waals surface area contributed by atoms with Gasteiger partial charge < -0.3 is 11.1 Å². The van der Waals surface area contributed by atoms with E-state index in [0.29, 0.717) is 16.5 Å². The average molecular weight is 264 g/mol. The predicted octanol–water partition coefficient (Wildman–Crippen LogP) is 2.59. The van der Waals surface area contributed by atoms with E-state index in [9.17, 15) is 4.79 Å². The second-order valence-electron chi connectivity index (χ2n) is 4.77. The number of benzene rings is 1. The molecule has 98 valence electrons. The number of hydrogen-bond donors (Lipinski definition) is 2. The van der Waals surface area contributed by atoms with E-state index < -0.39 is 0 Å². The molecule has 3 N–H and O–H groups in total. The summed E-state index contributed by atoms with van der Waals surface area (Å²) in [4.78, 5) is 12.0. The number of carbonyl (C=O) groups excluding carboxylic acids is 1. The molecule has 1 aliphatic heterocycles. The zero-order valence-electron chi connectivity index (χ0n) is 10.7. The fourth-order valence-corrected chi connectivity index (χ4v) is 3.30. The van der Waals surface area contributed by atoms with Crippen LogP contribution in [-0.2, 0) is 0 Å². The van der Waals surface area contributed by atoms with Gasteiger partial charge in [-0.15, -0.1) is 0 Å². The molecule has 0 saturated carbocycles. The first-order valence-corrected chi connectivity index (χ1v) is 7.47. The Bertz CT molecular complexity index is 428. The zero-order chi connectivity index (χ0) is 13.0. The number of nitrogens with one attached hydrogen (secondary N) is 1. The van der Waals surface area contributed by atoms with Crippen molar-refractivity contribution in [3.05, 3.63) is 29.3 Å². The van der Waals surface area contributed by atoms with Crippen LogP contribution in [0.3, 0.4) is 0 Å². The fourth-order valence-electron chi connectivity index (χ4n) is 2.06. The van der Waals surface area contributed by atoms with Crippen molar-refractivity contribution >= 4 is 23.4 Å². The van der Waals surface area contributed by atoms with Gasteiger partial charge in [-0.1, -0.05) is 12.5 Å². The van der Waals surface area contributed by atoms with Gasteiger partial charge >= 0.3 is 0 Å². The second-order valence-corrected chi connectivity index (χ2v) is 6.18. The van der Waals surface area contributed by atoms with Crippen LogP contribution in [0.25, 0.3) is 0 Å². The van der Waals surface area contributed by atoms with Gasteiger partial charge in [-0.3, -0.25) is 4.79 Å². The highest BCUT2D eigenvalue weighted by atomic mass is 32.2. The van der Waals surface area contributed by atoms with Gasteiger partial charge in [-0.05, 0) is 43.2 Å². The summed E-state index contributed by atoms with van der Waals surface area (Å²) in [5.41, 5.74) is 8.15. The Labute approximate surface area is 113 Å². The lowest BCUT2D eigenvalue weighted by Crippen LogP contribution is -2.31. The molecule has 0 spiro atoms. The Hall–Kier alpha value is -1.16. The van der Waals surface area contributed by atoms with E-state index in [-0.39, 0.29) is 5.91 Å². The van der Waals surface area contributed by atoms with E-state index in [1.807, 2.05) is 30.8 Å². The summed E-state index contributed by atoms with van der Waals surface area (Å²) in [5, 5.41) is 3.57. The highest BCUT2D eigenvalue weighted by Gasteiger charge is 2.15. The quantitative estimate of drug-likeness (QED) is 0.825. The molecule has 1 heterocycles. The number of carbonyl (C=O) groups is 1. The lowest BCUT2D eigenvalue weighted by atomic mass is 10.1. The molecule has 1 atom stereocenters. The first-order valence-electron chi connectivity index (χ1n) is 6.43. The lowest BCUT2D eigenvalue weighted by Gasteiger charge is -2.21. The number of nitrogens with two attached hydrogens (primary N) is 1. The van der Waals surface area contributed by atoms with E-state index in [0.717, 1.165) is 12.1 Å². The van der Waals surface area contributed by atoms with Gasteiger partial charge in [0.15, 0.2) is 0 Å². The van der Waals surface area contributed by atoms with Crippen LogP contribution in [0.2, 0.25) is 0 Å². The molecule has 0 bridgehead atoms. The van der Waals surface area contributed by atoms with Crippen molar-refractivity contribution in [2.45, 2.75) is 31.4 Å². The lowest BCUT2D eigenvalue weighted by molar-refractivity contribution is 0.0953. The summed E-state index contributed by atoms with van der Waals surface area (Å²) >= 11 is 1.97. The van der Waals surface area contributed by atoms with Crippen LogP contribution in [0.15, 0.2) is 18.2 Å². The maximum absolute atomic E-state index is 12.0. The minimum absolute atomic E-state index is 0.0205. The van der Waals surface area contributed by atoms with Crippen molar-refractivity contribution in [2.75, 3.05) is 18.0 Å². The summed E-state index contributed by atoms with van der Waals surface area (Å²) in [5.74, 6) is 1.20. The molecule has 1 aliphatic rings. The molecule has 1 fully saturated rings. The van der Waals surface area contributed by atoms with Gasteiger partial charge in [0.1, 0.15) is 0 Å². The molecule has 1 aromatic carbocycles. The number of thioether (sulfide) groups is 1. The minimum atomic E-state index is -0.0205. The van der Waals surface area contributed by atoms with Gasteiger partial charge in [0.2, 0.25) is 0 Å². The summed E-state index contributed by atoms with van der Waals surface area (Å²) in [6.45, 7) is 2.70. The number of rotatable bonds is 3. The normalized spacial score (nSPS) is 19.5. The van der Waals surface area contributed by atoms with Crippen LogP contribution in [0.1, 0.15) is 35.2 Å². The van der Waals surface area contributed by atoms with Crippen LogP contribution in [0.4, 0.5) is 5.69 Å². The molecular formula is C14H20N2OS. The Morgan fingerprint density at radius 2 is 2.33 bits per heavy atom. The van der Waals surface area contributed by atoms with E-state index in [1.165, 1.54) is 25.0 Å². The van der Waals surface area contributed by atoms with Crippen molar-refractivity contribution < 1.29 is 4.79 Å². The van der Waals surface area contributed by atoms with Gasteiger partial charge in [0.05, 0.1) is 0 Å². The third-order valence-electron chi connectivity index (χ3n) is 3.31. The topological polar surface area (TPSA) is 55.1 Å². The maximum Gasteiger partial charge on any atom is 0.251 e. The van der Waals surface area contributed by atoms with Gasteiger partial charge in [0, 0.05) is 23.0 Å². The van der Waals surface area contributed by atoms with Crippen molar-refractivity contribution in [1.29, 1.82) is 0 Å². The summed E-state index contributed by atoms with van der Waals surface area (Å²) in [6.07, 6.45) is 3.80. The van der Waals surface area contributed by atoms with Crippen molar-refractivity contribution in [2.24, 2.45) is 0 Å². The number of nitrogen functional groups attached to an aromatic ring is 1. The third kappa shape index (κ3) is 3.42. The standard InChI is InChI=1S/C14H20N2OS/c1-10-5-6-11(8-13(10)15)14(17)16-9-12-4-2-3-7-18-12/h5-6,8,12H,2-4,7,9,15H2,1H3,(H,16,17). The molecule has 2 rings (SSSR count). The molecule has 1 amide bonds. The molecule has 1 unspecified atom stereocenters. The largest absolute Gasteiger partial charge is 0.398 e. The smallest absolute Gasteiger partial charge is 0.251 e. The van der Waals surface area contributed by atoms with Crippen molar-refractivity contribution in [3.8, 4) is 0 Å². The molecule has 0 aliphatic carbocycles. The van der Waals surface area contributed by atoms with E-state index in [4.69, 9.17) is 5.73 Å². The van der Waals surface area contributed by atoms with Crippen LogP contribution in [-0.4, -0.2) is 23.5 Å². The summed E-state index contributed by atoms with van der Waals surface area (Å²) in [6, 6.07) is 5.47. The molecule has 0 radical (unpaired) electrons. The Morgan fingerprint density at radius 3 is 3.00 bits per heavy atom. The van der Waals surface area contributed by atoms with Gasteiger partial charge in [-0.2, -0.15) is 11.8 Å². The highest BCUT2D eigenvalue weighted by molar-refractivity contribution is 7.99. The number of amides is 1. The van der Waals surface area contributed by atoms with Gasteiger partial charge in [-0.25, -0.2) is 0 Å². The monoisotopic (exact) mass is 264 g/mol. The predicted molar refractivity (Wildman–Crippen MR) is 78.0 cm³/mol. The van der Waals surface area contributed by atoms with Crippen molar-refractivity contribution in [1.82, 2.24) is 5.32 Å². The first-order chi connectivity index (χ1) is 8.66. The molecule has 3 nitrogen and oxygen atoms in total. The van der Waals surface area contributed by atoms with Crippen LogP contribution < -0.4 is 11.1 Å². The Morgan fingerprint density at radius 1 is 1.50 bits per heavy atom. The minimum Gasteiger partial charge on any atom is -0.398 e. The number of anilines is 1. The van der Waals surface area contributed by atoms with Crippen LogP contribution in [0.5, 0.6) is 0 Å². The second kappa shape index (κ2) is 6.14. The first kappa shape index (κ1) is 13.3. The highest BCUT2D eigenvalue weighted by Crippen LogP contribution is 2.24. The van der Waals surface area contributed by atoms with Gasteiger partial charge in [0.25, 0.3) is 5.91 Å².